The van der Waals surface area contributed by atoms with Crippen molar-refractivity contribution in [3.8, 4) is 0 Å². The van der Waals surface area contributed by atoms with E-state index >= 15 is 0 Å². The number of benzene rings is 1. The van der Waals surface area contributed by atoms with Crippen molar-refractivity contribution in [3.63, 3.8) is 0 Å². The Kier molecular flexibility index (Phi) is 4.92. The highest BCUT2D eigenvalue weighted by Gasteiger charge is 2.19. The highest BCUT2D eigenvalue weighted by molar-refractivity contribution is 6.03. The molecule has 29 heavy (non-hydrogen) atoms. The average Bonchev–Trinajstić information content (AvgIpc) is 3.20. The van der Waals surface area contributed by atoms with Gasteiger partial charge < -0.3 is 14.6 Å². The van der Waals surface area contributed by atoms with Crippen molar-refractivity contribution < 1.29 is 14.1 Å². The molecule has 0 atom stereocenters. The average molecular weight is 394 g/mol. The van der Waals surface area contributed by atoms with Crippen LogP contribution in [-0.2, 0) is 0 Å². The molecule has 8 heteroatoms. The summed E-state index contributed by atoms with van der Waals surface area (Å²) in [6.07, 6.45) is 2.35. The van der Waals surface area contributed by atoms with E-state index in [0.717, 1.165) is 47.4 Å². The number of carbonyl (C=O) groups is 1. The summed E-state index contributed by atoms with van der Waals surface area (Å²) < 4.78 is 4.95. The Labute approximate surface area is 167 Å². The van der Waals surface area contributed by atoms with Crippen molar-refractivity contribution in [3.05, 3.63) is 57.8 Å². The van der Waals surface area contributed by atoms with Crippen molar-refractivity contribution in [1.29, 1.82) is 0 Å². The number of nitrogens with zero attached hydrogens (tertiary/aromatic N) is 3. The Balaban J connectivity index is 1.56. The number of furan rings is 1. The topological polar surface area (TPSA) is 102 Å². The molecule has 3 heterocycles. The molecule has 1 amide bonds. The highest BCUT2D eigenvalue weighted by Crippen LogP contribution is 2.28. The number of amides is 1. The zero-order chi connectivity index (χ0) is 20.5. The number of nitrogens with one attached hydrogen (secondary N) is 1. The first-order chi connectivity index (χ1) is 13.9. The van der Waals surface area contributed by atoms with Gasteiger partial charge in [-0.05, 0) is 61.6 Å². The first-order valence-corrected chi connectivity index (χ1v) is 9.62. The molecule has 1 aliphatic heterocycles. The van der Waals surface area contributed by atoms with Gasteiger partial charge >= 0.3 is 5.88 Å². The normalized spacial score (nSPS) is 14.9. The summed E-state index contributed by atoms with van der Waals surface area (Å²) in [6, 6.07) is 10.0. The second-order valence-corrected chi connectivity index (χ2v) is 7.55. The molecule has 8 nitrogen and oxygen atoms in total. The number of hydrogen-bond acceptors (Lipinski definition) is 6. The summed E-state index contributed by atoms with van der Waals surface area (Å²) in [7, 11) is 0. The number of anilines is 2. The Bertz CT molecular complexity index is 1080. The van der Waals surface area contributed by atoms with Crippen LogP contribution < -0.4 is 10.2 Å². The molecule has 1 fully saturated rings. The van der Waals surface area contributed by atoms with Crippen LogP contribution >= 0.6 is 0 Å². The number of piperidine rings is 1. The molecule has 0 saturated carbocycles. The van der Waals surface area contributed by atoms with Crippen LogP contribution in [0.1, 0.15) is 35.9 Å². The molecular weight excluding hydrogens is 372 g/mol. The van der Waals surface area contributed by atoms with Crippen LogP contribution in [0.15, 0.2) is 40.8 Å². The Hall–Kier alpha value is -3.42. The number of fused-ring (bicyclic) bond motifs is 1. The Morgan fingerprint density at radius 1 is 1.24 bits per heavy atom. The van der Waals surface area contributed by atoms with Gasteiger partial charge in [-0.2, -0.15) is 0 Å². The van der Waals surface area contributed by atoms with Crippen molar-refractivity contribution in [2.75, 3.05) is 23.3 Å². The molecule has 1 aromatic carbocycles. The van der Waals surface area contributed by atoms with Gasteiger partial charge in [0, 0.05) is 24.2 Å². The van der Waals surface area contributed by atoms with E-state index in [-0.39, 0.29) is 5.76 Å². The predicted molar refractivity (Wildman–Crippen MR) is 110 cm³/mol. The van der Waals surface area contributed by atoms with E-state index in [9.17, 15) is 14.9 Å². The fourth-order valence-electron chi connectivity index (χ4n) is 3.59. The lowest BCUT2D eigenvalue weighted by Crippen LogP contribution is -2.33. The lowest BCUT2D eigenvalue weighted by Gasteiger charge is -2.31. The summed E-state index contributed by atoms with van der Waals surface area (Å²) in [6.45, 7) is 6.35. The zero-order valence-corrected chi connectivity index (χ0v) is 16.3. The minimum absolute atomic E-state index is 0.110. The van der Waals surface area contributed by atoms with Crippen molar-refractivity contribution >= 4 is 34.2 Å². The minimum atomic E-state index is -0.678. The number of rotatable bonds is 4. The highest BCUT2D eigenvalue weighted by atomic mass is 16.6. The van der Waals surface area contributed by atoms with Crippen molar-refractivity contribution in [2.45, 2.75) is 26.7 Å². The monoisotopic (exact) mass is 394 g/mol. The molecule has 0 radical (unpaired) electrons. The van der Waals surface area contributed by atoms with E-state index in [2.05, 4.69) is 23.2 Å². The molecule has 1 aliphatic rings. The van der Waals surface area contributed by atoms with Gasteiger partial charge in [-0.1, -0.05) is 6.92 Å². The van der Waals surface area contributed by atoms with Crippen molar-refractivity contribution in [2.24, 2.45) is 5.92 Å². The number of pyridine rings is 1. The maximum Gasteiger partial charge on any atom is 0.433 e. The number of nitro groups is 1. The van der Waals surface area contributed by atoms with Gasteiger partial charge in [-0.15, -0.1) is 0 Å². The maximum atomic E-state index is 12.3. The van der Waals surface area contributed by atoms with Crippen LogP contribution in [0.2, 0.25) is 0 Å². The van der Waals surface area contributed by atoms with Crippen LogP contribution in [-0.4, -0.2) is 28.9 Å². The first kappa shape index (κ1) is 18.9. The van der Waals surface area contributed by atoms with Crippen LogP contribution in [0.3, 0.4) is 0 Å². The second-order valence-electron chi connectivity index (χ2n) is 7.55. The lowest BCUT2D eigenvalue weighted by molar-refractivity contribution is -0.402. The largest absolute Gasteiger partial charge is 0.433 e. The van der Waals surface area contributed by atoms with Crippen LogP contribution in [0.4, 0.5) is 17.4 Å². The standard InChI is InChI=1S/C21H22N4O4/c1-13-7-9-24(10-8-13)19-11-14(2)16-12-15(3-4-17(16)23-19)22-21(26)18-5-6-20(29-18)25(27)28/h3-6,11-13H,7-10H2,1-2H3,(H,22,26). The van der Waals surface area contributed by atoms with Gasteiger partial charge in [-0.25, -0.2) is 4.98 Å². The van der Waals surface area contributed by atoms with Gasteiger partial charge in [0.2, 0.25) is 0 Å². The SMILES string of the molecule is Cc1cc(N2CCC(C)CC2)nc2ccc(NC(=O)c3ccc([N+](=O)[O-])o3)cc12. The zero-order valence-electron chi connectivity index (χ0n) is 16.3. The molecule has 3 aromatic rings. The fraction of sp³-hybridized carbons (Fsp3) is 0.333. The van der Waals surface area contributed by atoms with Crippen LogP contribution in [0.25, 0.3) is 10.9 Å². The maximum absolute atomic E-state index is 12.3. The van der Waals surface area contributed by atoms with Gasteiger partial charge in [0.25, 0.3) is 5.91 Å². The molecule has 0 spiro atoms. The third-order valence-corrected chi connectivity index (χ3v) is 5.36. The molecule has 1 saturated heterocycles. The van der Waals surface area contributed by atoms with E-state index in [1.54, 1.807) is 6.07 Å². The van der Waals surface area contributed by atoms with E-state index in [0.29, 0.717) is 5.69 Å². The third kappa shape index (κ3) is 3.91. The smallest absolute Gasteiger partial charge is 0.395 e. The molecule has 0 bridgehead atoms. The second kappa shape index (κ2) is 7.54. The number of aromatic nitrogens is 1. The summed E-state index contributed by atoms with van der Waals surface area (Å²) in [5.74, 6) is 0.632. The minimum Gasteiger partial charge on any atom is -0.395 e. The van der Waals surface area contributed by atoms with Crippen molar-refractivity contribution in [1.82, 2.24) is 4.98 Å². The molecule has 0 aliphatic carbocycles. The van der Waals surface area contributed by atoms with E-state index in [1.807, 2.05) is 19.1 Å². The first-order valence-electron chi connectivity index (χ1n) is 9.62. The molecule has 1 N–H and O–H groups in total. The van der Waals surface area contributed by atoms with E-state index < -0.39 is 16.7 Å². The third-order valence-electron chi connectivity index (χ3n) is 5.36. The summed E-state index contributed by atoms with van der Waals surface area (Å²) in [5, 5.41) is 14.4. The predicted octanol–water partition coefficient (Wildman–Crippen LogP) is 4.53. The van der Waals surface area contributed by atoms with Gasteiger partial charge in [0.15, 0.2) is 5.76 Å². The Morgan fingerprint density at radius 3 is 2.69 bits per heavy atom. The molecule has 2 aromatic heterocycles. The summed E-state index contributed by atoms with van der Waals surface area (Å²) in [4.78, 5) is 29.5. The molecule has 150 valence electrons. The Morgan fingerprint density at radius 2 is 2.00 bits per heavy atom. The van der Waals surface area contributed by atoms with E-state index in [1.165, 1.54) is 18.9 Å². The number of hydrogen-bond donors (Lipinski definition) is 1. The number of aryl methyl sites for hydroxylation is 1. The quantitative estimate of drug-likeness (QED) is 0.515. The van der Waals surface area contributed by atoms with Gasteiger partial charge in [-0.3, -0.25) is 14.9 Å². The van der Waals surface area contributed by atoms with Gasteiger partial charge in [0.05, 0.1) is 11.6 Å². The summed E-state index contributed by atoms with van der Waals surface area (Å²) in [5.41, 5.74) is 2.52. The molecule has 4 rings (SSSR count). The summed E-state index contributed by atoms with van der Waals surface area (Å²) >= 11 is 0. The van der Waals surface area contributed by atoms with Crippen LogP contribution in [0.5, 0.6) is 0 Å². The van der Waals surface area contributed by atoms with E-state index in [4.69, 9.17) is 9.40 Å². The van der Waals surface area contributed by atoms with Crippen LogP contribution in [0, 0.1) is 23.0 Å². The molecule has 0 unspecified atom stereocenters. The molecular formula is C21H22N4O4. The number of carbonyl (C=O) groups excluding carboxylic acids is 1. The lowest BCUT2D eigenvalue weighted by atomic mass is 9.99. The fourth-order valence-corrected chi connectivity index (χ4v) is 3.59. The van der Waals surface area contributed by atoms with Gasteiger partial charge in [0.1, 0.15) is 10.7 Å².